The fraction of sp³-hybridized carbons (Fsp3) is 0.556. The zero-order valence-electron chi connectivity index (χ0n) is 7.87. The van der Waals surface area contributed by atoms with Crippen LogP contribution in [0, 0.1) is 13.8 Å². The van der Waals surface area contributed by atoms with Gasteiger partial charge >= 0.3 is 0 Å². The van der Waals surface area contributed by atoms with Crippen molar-refractivity contribution in [2.75, 3.05) is 13.1 Å². The van der Waals surface area contributed by atoms with E-state index in [1.54, 1.807) is 6.20 Å². The lowest BCUT2D eigenvalue weighted by Crippen LogP contribution is -2.50. The third-order valence-electron chi connectivity index (χ3n) is 2.05. The van der Waals surface area contributed by atoms with Crippen LogP contribution in [0.3, 0.4) is 0 Å². The molecule has 1 aromatic rings. The minimum absolute atomic E-state index is 0.273. The van der Waals surface area contributed by atoms with Crippen molar-refractivity contribution in [3.05, 3.63) is 17.6 Å². The summed E-state index contributed by atoms with van der Waals surface area (Å²) in [6.45, 7) is 5.65. The zero-order valence-corrected chi connectivity index (χ0v) is 7.87. The van der Waals surface area contributed by atoms with Crippen LogP contribution in [-0.4, -0.2) is 29.2 Å². The third kappa shape index (κ3) is 1.78. The Labute approximate surface area is 77.4 Å². The van der Waals surface area contributed by atoms with Gasteiger partial charge in [0.15, 0.2) is 0 Å². The molecule has 4 nitrogen and oxygen atoms in total. The molecule has 0 radical (unpaired) electrons. The Morgan fingerprint density at radius 2 is 2.23 bits per heavy atom. The number of nitrogens with one attached hydrogen (secondary N) is 1. The van der Waals surface area contributed by atoms with E-state index in [4.69, 9.17) is 4.74 Å². The molecule has 0 aliphatic carbocycles. The van der Waals surface area contributed by atoms with E-state index < -0.39 is 0 Å². The second kappa shape index (κ2) is 3.30. The van der Waals surface area contributed by atoms with Crippen LogP contribution in [0.2, 0.25) is 0 Å². The first-order chi connectivity index (χ1) is 6.25. The normalized spacial score (nSPS) is 16.8. The van der Waals surface area contributed by atoms with Crippen LogP contribution in [0.5, 0.6) is 5.88 Å². The molecule has 0 atom stereocenters. The van der Waals surface area contributed by atoms with Crippen LogP contribution in [0.4, 0.5) is 0 Å². The summed E-state index contributed by atoms with van der Waals surface area (Å²) >= 11 is 0. The lowest BCUT2D eigenvalue weighted by atomic mass is 10.2. The quantitative estimate of drug-likeness (QED) is 0.715. The predicted octanol–water partition coefficient (Wildman–Crippen LogP) is 0.444. The molecule has 0 aromatic carbocycles. The molecule has 2 rings (SSSR count). The van der Waals surface area contributed by atoms with E-state index in [9.17, 15) is 0 Å². The maximum absolute atomic E-state index is 5.63. The summed E-state index contributed by atoms with van der Waals surface area (Å²) in [5.74, 6) is 0.673. The highest BCUT2D eigenvalue weighted by molar-refractivity contribution is 5.18. The van der Waals surface area contributed by atoms with Crippen LogP contribution in [0.15, 0.2) is 6.20 Å². The average Bonchev–Trinajstić information content (AvgIpc) is 2.03. The van der Waals surface area contributed by atoms with Crippen LogP contribution in [-0.2, 0) is 0 Å². The highest BCUT2D eigenvalue weighted by atomic mass is 16.5. The molecule has 1 aliphatic rings. The van der Waals surface area contributed by atoms with Crippen LogP contribution in [0.1, 0.15) is 11.4 Å². The van der Waals surface area contributed by atoms with E-state index in [1.807, 2.05) is 13.8 Å². The molecular weight excluding hydrogens is 166 g/mol. The average molecular weight is 179 g/mol. The number of nitrogens with zero attached hydrogens (tertiary/aromatic N) is 2. The first-order valence-corrected chi connectivity index (χ1v) is 4.43. The van der Waals surface area contributed by atoms with Gasteiger partial charge in [-0.05, 0) is 13.8 Å². The molecule has 70 valence electrons. The predicted molar refractivity (Wildman–Crippen MR) is 48.8 cm³/mol. The topological polar surface area (TPSA) is 47.0 Å². The van der Waals surface area contributed by atoms with Crippen LogP contribution < -0.4 is 10.1 Å². The maximum atomic E-state index is 5.63. The van der Waals surface area contributed by atoms with Gasteiger partial charge in [-0.1, -0.05) is 0 Å². The van der Waals surface area contributed by atoms with Crippen molar-refractivity contribution >= 4 is 0 Å². The lowest BCUT2D eigenvalue weighted by molar-refractivity contribution is 0.134. The smallest absolute Gasteiger partial charge is 0.235 e. The van der Waals surface area contributed by atoms with E-state index >= 15 is 0 Å². The molecule has 1 fully saturated rings. The van der Waals surface area contributed by atoms with Crippen molar-refractivity contribution in [2.24, 2.45) is 0 Å². The first kappa shape index (κ1) is 8.44. The highest BCUT2D eigenvalue weighted by Crippen LogP contribution is 2.14. The SMILES string of the molecule is Cc1cnc(C)c(OC2CNC2)n1. The summed E-state index contributed by atoms with van der Waals surface area (Å²) in [5.41, 5.74) is 1.75. The van der Waals surface area contributed by atoms with Gasteiger partial charge in [-0.15, -0.1) is 0 Å². The second-order valence-corrected chi connectivity index (χ2v) is 3.30. The highest BCUT2D eigenvalue weighted by Gasteiger charge is 2.19. The van der Waals surface area contributed by atoms with Gasteiger partial charge in [0, 0.05) is 19.3 Å². The standard InChI is InChI=1S/C9H13N3O/c1-6-3-11-7(2)9(12-6)13-8-4-10-5-8/h3,8,10H,4-5H2,1-2H3. The fourth-order valence-electron chi connectivity index (χ4n) is 1.13. The van der Waals surface area contributed by atoms with E-state index in [-0.39, 0.29) is 6.10 Å². The molecule has 1 N–H and O–H groups in total. The molecule has 2 heterocycles. The van der Waals surface area contributed by atoms with Crippen LogP contribution in [0.25, 0.3) is 0 Å². The summed E-state index contributed by atoms with van der Waals surface area (Å²) in [7, 11) is 0. The molecular formula is C9H13N3O. The summed E-state index contributed by atoms with van der Waals surface area (Å²) in [4.78, 5) is 8.46. The number of aryl methyl sites for hydroxylation is 2. The Bertz CT molecular complexity index is 310. The van der Waals surface area contributed by atoms with E-state index in [0.29, 0.717) is 5.88 Å². The van der Waals surface area contributed by atoms with Gasteiger partial charge in [-0.25, -0.2) is 4.98 Å². The number of ether oxygens (including phenoxy) is 1. The molecule has 4 heteroatoms. The lowest BCUT2D eigenvalue weighted by Gasteiger charge is -2.27. The first-order valence-electron chi connectivity index (χ1n) is 4.43. The minimum atomic E-state index is 0.273. The molecule has 1 aliphatic heterocycles. The summed E-state index contributed by atoms with van der Waals surface area (Å²) in [6, 6.07) is 0. The number of hydrogen-bond donors (Lipinski definition) is 1. The Morgan fingerprint density at radius 1 is 1.46 bits per heavy atom. The van der Waals surface area contributed by atoms with Gasteiger partial charge in [0.2, 0.25) is 5.88 Å². The Hall–Kier alpha value is -1.16. The molecule has 0 unspecified atom stereocenters. The molecule has 13 heavy (non-hydrogen) atoms. The van der Waals surface area contributed by atoms with E-state index in [2.05, 4.69) is 15.3 Å². The number of hydrogen-bond acceptors (Lipinski definition) is 4. The second-order valence-electron chi connectivity index (χ2n) is 3.30. The Morgan fingerprint density at radius 3 is 2.85 bits per heavy atom. The Kier molecular flexibility index (Phi) is 2.14. The van der Waals surface area contributed by atoms with E-state index in [1.165, 1.54) is 0 Å². The van der Waals surface area contributed by atoms with Crippen molar-refractivity contribution < 1.29 is 4.74 Å². The zero-order chi connectivity index (χ0) is 9.26. The monoisotopic (exact) mass is 179 g/mol. The third-order valence-corrected chi connectivity index (χ3v) is 2.05. The van der Waals surface area contributed by atoms with Gasteiger partial charge < -0.3 is 10.1 Å². The van der Waals surface area contributed by atoms with Gasteiger partial charge in [0.25, 0.3) is 0 Å². The van der Waals surface area contributed by atoms with Crippen LogP contribution >= 0.6 is 0 Å². The summed E-state index contributed by atoms with van der Waals surface area (Å²) < 4.78 is 5.63. The van der Waals surface area contributed by atoms with E-state index in [0.717, 1.165) is 24.5 Å². The van der Waals surface area contributed by atoms with Gasteiger partial charge in [-0.3, -0.25) is 4.98 Å². The van der Waals surface area contributed by atoms with Crippen molar-refractivity contribution in [1.82, 2.24) is 15.3 Å². The van der Waals surface area contributed by atoms with Crippen molar-refractivity contribution in [3.63, 3.8) is 0 Å². The van der Waals surface area contributed by atoms with Crippen molar-refractivity contribution in [1.29, 1.82) is 0 Å². The molecule has 1 aromatic heterocycles. The largest absolute Gasteiger partial charge is 0.470 e. The Balaban J connectivity index is 2.13. The molecule has 1 saturated heterocycles. The van der Waals surface area contributed by atoms with Gasteiger partial charge in [0.05, 0.1) is 11.4 Å². The molecule has 0 saturated carbocycles. The molecule has 0 bridgehead atoms. The number of rotatable bonds is 2. The minimum Gasteiger partial charge on any atom is -0.470 e. The van der Waals surface area contributed by atoms with Gasteiger partial charge in [-0.2, -0.15) is 0 Å². The van der Waals surface area contributed by atoms with Crippen molar-refractivity contribution in [3.8, 4) is 5.88 Å². The fourth-order valence-corrected chi connectivity index (χ4v) is 1.13. The van der Waals surface area contributed by atoms with Crippen molar-refractivity contribution in [2.45, 2.75) is 20.0 Å². The maximum Gasteiger partial charge on any atom is 0.235 e. The summed E-state index contributed by atoms with van der Waals surface area (Å²) in [6.07, 6.45) is 2.02. The molecule has 0 spiro atoms. The number of aromatic nitrogens is 2. The molecule has 0 amide bonds. The van der Waals surface area contributed by atoms with Gasteiger partial charge in [0.1, 0.15) is 6.10 Å². The summed E-state index contributed by atoms with van der Waals surface area (Å²) in [5, 5.41) is 3.14.